The third-order valence-corrected chi connectivity index (χ3v) is 4.21. The maximum absolute atomic E-state index is 10.6. The molecule has 23 heavy (non-hydrogen) atoms. The summed E-state index contributed by atoms with van der Waals surface area (Å²) in [6, 6.07) is 0. The molecule has 0 rings (SSSR count). The van der Waals surface area contributed by atoms with Crippen LogP contribution in [-0.4, -0.2) is 22.7 Å². The monoisotopic (exact) mass is 378 g/mol. The fourth-order valence-electron chi connectivity index (χ4n) is 2.42. The Morgan fingerprint density at radius 2 is 1.26 bits per heavy atom. The summed E-state index contributed by atoms with van der Waals surface area (Å²) in [5, 5.41) is 0. The van der Waals surface area contributed by atoms with Crippen LogP contribution in [-0.2, 0) is 13.8 Å². The van der Waals surface area contributed by atoms with Gasteiger partial charge in [-0.25, -0.2) is 4.57 Å². The molecule has 0 aliphatic carbocycles. The first-order valence-electron chi connectivity index (χ1n) is 8.81. The van der Waals surface area contributed by atoms with Gasteiger partial charge >= 0.3 is 59.2 Å². The minimum atomic E-state index is -4.43. The zero-order valence-electron chi connectivity index (χ0n) is 16.3. The molecule has 136 valence electrons. The van der Waals surface area contributed by atoms with Crippen LogP contribution in [0.3, 0.4) is 0 Å². The smallest absolute Gasteiger partial charge is 1.00 e. The van der Waals surface area contributed by atoms with E-state index in [2.05, 4.69) is 11.4 Å². The number of hydrogen-bond donors (Lipinski definition) is 2. The van der Waals surface area contributed by atoms with Gasteiger partial charge in [0.1, 0.15) is 0 Å². The van der Waals surface area contributed by atoms with Crippen LogP contribution in [0.5, 0.6) is 0 Å². The summed E-state index contributed by atoms with van der Waals surface area (Å²) in [5.74, 6) is 0. The van der Waals surface area contributed by atoms with Crippen molar-refractivity contribution in [3.8, 4) is 0 Å². The van der Waals surface area contributed by atoms with E-state index in [-0.39, 0.29) is 52.8 Å². The van der Waals surface area contributed by atoms with Gasteiger partial charge in [0.15, 0.2) is 6.29 Å². The van der Waals surface area contributed by atoms with E-state index in [1.54, 1.807) is 0 Å². The molecule has 0 aromatic carbocycles. The average molecular weight is 379 g/mol. The second kappa shape index (κ2) is 18.5. The van der Waals surface area contributed by atoms with Crippen LogP contribution in [0.4, 0.5) is 0 Å². The molecule has 0 heterocycles. The van der Waals surface area contributed by atoms with Crippen molar-refractivity contribution >= 4 is 7.82 Å². The summed E-state index contributed by atoms with van der Waals surface area (Å²) in [6.45, 7) is 4.23. The number of rotatable bonds is 16. The third-order valence-electron chi connectivity index (χ3n) is 3.64. The van der Waals surface area contributed by atoms with Crippen molar-refractivity contribution in [1.29, 1.82) is 0 Å². The van der Waals surface area contributed by atoms with Crippen LogP contribution in [0.2, 0.25) is 0 Å². The number of phosphoric ester groups is 1. The van der Waals surface area contributed by atoms with Gasteiger partial charge in [0.05, 0.1) is 0 Å². The summed E-state index contributed by atoms with van der Waals surface area (Å²) in [4.78, 5) is 17.2. The van der Waals surface area contributed by atoms with Crippen molar-refractivity contribution in [2.24, 2.45) is 0 Å². The molecule has 0 saturated carbocycles. The van der Waals surface area contributed by atoms with Crippen molar-refractivity contribution in [3.63, 3.8) is 0 Å². The van der Waals surface area contributed by atoms with Crippen LogP contribution >= 0.6 is 7.82 Å². The van der Waals surface area contributed by atoms with Gasteiger partial charge in [0.25, 0.3) is 0 Å². The normalized spacial score (nSPS) is 12.9. The topological polar surface area (TPSA) is 76.0 Å². The maximum atomic E-state index is 10.6. The molecule has 0 spiro atoms. The first-order chi connectivity index (χ1) is 10.5. The molecule has 0 aliphatic rings. The van der Waals surface area contributed by atoms with Crippen LogP contribution in [0, 0.1) is 0 Å². The quantitative estimate of drug-likeness (QED) is 0.186. The van der Waals surface area contributed by atoms with Gasteiger partial charge in [-0.1, -0.05) is 77.6 Å². The number of phosphoric acid groups is 1. The minimum absolute atomic E-state index is 0. The van der Waals surface area contributed by atoms with Crippen LogP contribution < -0.4 is 51.4 Å². The summed E-state index contributed by atoms with van der Waals surface area (Å²) in [5.41, 5.74) is 0. The molecule has 0 aliphatic heterocycles. The summed E-state index contributed by atoms with van der Waals surface area (Å²) in [6.07, 6.45) is 14.5. The summed E-state index contributed by atoms with van der Waals surface area (Å²) >= 11 is 0. The maximum Gasteiger partial charge on any atom is 1.00 e. The Balaban J connectivity index is -0.00000220. The van der Waals surface area contributed by atoms with Crippen LogP contribution in [0.25, 0.3) is 0 Å². The number of ether oxygens (including phenoxy) is 1. The average Bonchev–Trinajstić information content (AvgIpc) is 2.42. The molecule has 0 aromatic heterocycles. The minimum Gasteiger partial charge on any atom is -1.00 e. The Morgan fingerprint density at radius 3 is 1.65 bits per heavy atom. The zero-order chi connectivity index (χ0) is 16.7. The standard InChI is InChI=1S/C16H35O5P.K.H/c1-3-4-5-6-7-8-9-10-11-12-13-14-15-20-16(2)21-22(17,18)19;;/h16H,3-15H2,1-2H3,(H2,17,18,19);;/q;+1;-1. The van der Waals surface area contributed by atoms with Crippen LogP contribution in [0.15, 0.2) is 0 Å². The summed E-state index contributed by atoms with van der Waals surface area (Å²) < 4.78 is 20.2. The first-order valence-corrected chi connectivity index (χ1v) is 10.3. The second-order valence-corrected chi connectivity index (χ2v) is 7.12. The van der Waals surface area contributed by atoms with Gasteiger partial charge in [0.2, 0.25) is 0 Å². The van der Waals surface area contributed by atoms with E-state index in [4.69, 9.17) is 14.5 Å². The summed E-state index contributed by atoms with van der Waals surface area (Å²) in [7, 11) is -4.43. The van der Waals surface area contributed by atoms with Crippen LogP contribution in [0.1, 0.15) is 92.3 Å². The molecular weight excluding hydrogens is 342 g/mol. The third kappa shape index (κ3) is 23.7. The number of unbranched alkanes of at least 4 members (excludes halogenated alkanes) is 11. The van der Waals surface area contributed by atoms with E-state index in [9.17, 15) is 4.57 Å². The molecule has 0 fully saturated rings. The van der Waals surface area contributed by atoms with Gasteiger partial charge in [0, 0.05) is 6.61 Å². The molecule has 0 amide bonds. The van der Waals surface area contributed by atoms with Crippen molar-refractivity contribution in [3.05, 3.63) is 0 Å². The van der Waals surface area contributed by atoms with Crippen molar-refractivity contribution in [2.45, 2.75) is 97.2 Å². The largest absolute Gasteiger partial charge is 1.00 e. The Morgan fingerprint density at radius 1 is 0.870 bits per heavy atom. The fraction of sp³-hybridized carbons (Fsp3) is 1.00. The molecule has 0 aromatic rings. The molecular formula is C16H36KO5P. The molecule has 2 N–H and O–H groups in total. The molecule has 0 radical (unpaired) electrons. The molecule has 1 unspecified atom stereocenters. The van der Waals surface area contributed by atoms with Crippen molar-refractivity contribution < 1.29 is 76.4 Å². The van der Waals surface area contributed by atoms with Gasteiger partial charge in [-0.15, -0.1) is 0 Å². The molecule has 0 bridgehead atoms. The van der Waals surface area contributed by atoms with E-state index >= 15 is 0 Å². The van der Waals surface area contributed by atoms with E-state index in [0.29, 0.717) is 6.61 Å². The predicted molar refractivity (Wildman–Crippen MR) is 90.7 cm³/mol. The van der Waals surface area contributed by atoms with Crippen molar-refractivity contribution in [1.82, 2.24) is 0 Å². The van der Waals surface area contributed by atoms with Gasteiger partial charge in [-0.2, -0.15) is 0 Å². The van der Waals surface area contributed by atoms with Gasteiger partial charge < -0.3 is 16.0 Å². The van der Waals surface area contributed by atoms with E-state index < -0.39 is 14.1 Å². The Hall–Kier alpha value is 1.71. The zero-order valence-corrected chi connectivity index (χ0v) is 19.4. The molecule has 0 saturated heterocycles. The Bertz CT molecular complexity index is 292. The predicted octanol–water partition coefficient (Wildman–Crippen LogP) is 2.28. The van der Waals surface area contributed by atoms with Crippen molar-refractivity contribution in [2.75, 3.05) is 6.61 Å². The number of hydrogen-bond acceptors (Lipinski definition) is 3. The Kier molecular flexibility index (Phi) is 21.7. The van der Waals surface area contributed by atoms with Gasteiger partial charge in [-0.05, 0) is 13.3 Å². The first kappa shape index (κ1) is 26.9. The van der Waals surface area contributed by atoms with E-state index in [1.165, 1.54) is 71.1 Å². The molecule has 5 nitrogen and oxygen atoms in total. The fourth-order valence-corrected chi connectivity index (χ4v) is 2.86. The van der Waals surface area contributed by atoms with Gasteiger partial charge in [-0.3, -0.25) is 4.52 Å². The molecule has 1 atom stereocenters. The molecule has 7 heteroatoms. The SMILES string of the molecule is CCCCCCCCCCCCCCOC(C)OP(=O)(O)O.[H-].[K+]. The van der Waals surface area contributed by atoms with E-state index in [1.807, 2.05) is 0 Å². The second-order valence-electron chi connectivity index (χ2n) is 5.92. The Labute approximate surface area is 186 Å². The van der Waals surface area contributed by atoms with E-state index in [0.717, 1.165) is 12.8 Å².